The molecule has 8 heteroatoms. The normalized spacial score (nSPS) is 10.5. The number of hydrogen-bond donors (Lipinski definition) is 2. The number of rotatable bonds is 6. The number of para-hydroxylation sites is 2. The molecule has 0 atom stereocenters. The van der Waals surface area contributed by atoms with Crippen LogP contribution in [0.15, 0.2) is 54.9 Å². The summed E-state index contributed by atoms with van der Waals surface area (Å²) in [7, 11) is 0. The maximum Gasteiger partial charge on any atom is 0.175 e. The van der Waals surface area contributed by atoms with Crippen LogP contribution in [0.2, 0.25) is 5.02 Å². The van der Waals surface area contributed by atoms with Crippen molar-refractivity contribution in [1.29, 1.82) is 0 Å². The molecule has 0 saturated carbocycles. The van der Waals surface area contributed by atoms with Crippen molar-refractivity contribution in [3.05, 3.63) is 71.3 Å². The van der Waals surface area contributed by atoms with Crippen molar-refractivity contribution in [3.63, 3.8) is 0 Å². The van der Waals surface area contributed by atoms with Crippen molar-refractivity contribution in [3.8, 4) is 5.75 Å². The molecule has 0 radical (unpaired) electrons. The monoisotopic (exact) mass is 404 g/mol. The highest BCUT2D eigenvalue weighted by atomic mass is 35.5. The molecule has 0 aliphatic rings. The second-order valence-electron chi connectivity index (χ2n) is 5.64. The van der Waals surface area contributed by atoms with E-state index in [1.165, 1.54) is 6.07 Å². The van der Waals surface area contributed by atoms with Crippen molar-refractivity contribution in [2.24, 2.45) is 0 Å². The summed E-state index contributed by atoms with van der Waals surface area (Å²) in [5.74, 6) is 0.353. The maximum absolute atomic E-state index is 13.9. The Bertz CT molecular complexity index is 927. The van der Waals surface area contributed by atoms with E-state index in [-0.39, 0.29) is 12.4 Å². The molecule has 1 aromatic heterocycles. The number of ether oxygens (including phenoxy) is 1. The largest absolute Gasteiger partial charge is 0.492 e. The first-order valence-electron chi connectivity index (χ1n) is 8.32. The fourth-order valence-electron chi connectivity index (χ4n) is 2.50. The van der Waals surface area contributed by atoms with Gasteiger partial charge in [-0.3, -0.25) is 4.68 Å². The molecule has 5 nitrogen and oxygen atoms in total. The van der Waals surface area contributed by atoms with Crippen LogP contribution in [0.5, 0.6) is 5.75 Å². The molecule has 3 aromatic rings. The average Bonchev–Trinajstić information content (AvgIpc) is 3.07. The van der Waals surface area contributed by atoms with Gasteiger partial charge in [-0.15, -0.1) is 0 Å². The van der Waals surface area contributed by atoms with E-state index in [9.17, 15) is 4.39 Å². The van der Waals surface area contributed by atoms with Crippen molar-refractivity contribution in [2.75, 3.05) is 17.2 Å². The minimum absolute atomic E-state index is 0.223. The topological polar surface area (TPSA) is 51.1 Å². The Hall–Kier alpha value is -2.64. The molecule has 1 heterocycles. The molecule has 0 unspecified atom stereocenters. The van der Waals surface area contributed by atoms with Gasteiger partial charge in [0.15, 0.2) is 5.11 Å². The molecule has 0 aliphatic carbocycles. The van der Waals surface area contributed by atoms with E-state index < -0.39 is 0 Å². The standard InChI is InChI=1S/C19H18ClFN4OS/c1-2-26-18-9-4-3-8-17(18)24-19(27)23-13-10-22-25(11-13)12-14-15(20)6-5-7-16(14)21/h3-11H,2,12H2,1H3,(H2,23,24,27). The van der Waals surface area contributed by atoms with Gasteiger partial charge in [-0.1, -0.05) is 29.8 Å². The van der Waals surface area contributed by atoms with E-state index in [0.717, 1.165) is 5.69 Å². The van der Waals surface area contributed by atoms with Gasteiger partial charge < -0.3 is 15.4 Å². The second kappa shape index (κ2) is 8.83. The van der Waals surface area contributed by atoms with Crippen molar-refractivity contribution in [2.45, 2.75) is 13.5 Å². The molecular formula is C19H18ClFN4OS. The van der Waals surface area contributed by atoms with Crippen LogP contribution in [-0.4, -0.2) is 21.5 Å². The number of hydrogen-bond acceptors (Lipinski definition) is 3. The summed E-state index contributed by atoms with van der Waals surface area (Å²) in [6.45, 7) is 2.70. The first kappa shape index (κ1) is 19.1. The maximum atomic E-state index is 13.9. The van der Waals surface area contributed by atoms with Crippen LogP contribution in [0, 0.1) is 5.82 Å². The third kappa shape index (κ3) is 4.96. The zero-order valence-electron chi connectivity index (χ0n) is 14.6. The molecule has 2 N–H and O–H groups in total. The van der Waals surface area contributed by atoms with Crippen LogP contribution in [0.25, 0.3) is 0 Å². The van der Waals surface area contributed by atoms with Crippen LogP contribution in [0.3, 0.4) is 0 Å². The molecular weight excluding hydrogens is 387 g/mol. The van der Waals surface area contributed by atoms with Crippen LogP contribution in [0.4, 0.5) is 15.8 Å². The Morgan fingerprint density at radius 2 is 2.04 bits per heavy atom. The molecule has 3 rings (SSSR count). The Kier molecular flexibility index (Phi) is 6.26. The lowest BCUT2D eigenvalue weighted by Gasteiger charge is -2.13. The fraction of sp³-hybridized carbons (Fsp3) is 0.158. The first-order valence-corrected chi connectivity index (χ1v) is 9.10. The minimum atomic E-state index is -0.364. The van der Waals surface area contributed by atoms with E-state index in [1.54, 1.807) is 29.2 Å². The zero-order valence-corrected chi connectivity index (χ0v) is 16.1. The summed E-state index contributed by atoms with van der Waals surface area (Å²) in [6.07, 6.45) is 3.34. The van der Waals surface area contributed by atoms with Crippen LogP contribution in [0.1, 0.15) is 12.5 Å². The molecule has 0 spiro atoms. The van der Waals surface area contributed by atoms with Gasteiger partial charge in [0.05, 0.1) is 30.7 Å². The third-order valence-electron chi connectivity index (χ3n) is 3.71. The van der Waals surface area contributed by atoms with Gasteiger partial charge in [0.1, 0.15) is 11.6 Å². The van der Waals surface area contributed by atoms with Crippen LogP contribution >= 0.6 is 23.8 Å². The van der Waals surface area contributed by atoms with E-state index in [2.05, 4.69) is 15.7 Å². The molecule has 2 aromatic carbocycles. The highest BCUT2D eigenvalue weighted by Crippen LogP contribution is 2.24. The number of nitrogens with one attached hydrogen (secondary N) is 2. The predicted molar refractivity (Wildman–Crippen MR) is 110 cm³/mol. The minimum Gasteiger partial charge on any atom is -0.492 e. The van der Waals surface area contributed by atoms with Crippen LogP contribution in [-0.2, 0) is 6.54 Å². The summed E-state index contributed by atoms with van der Waals surface area (Å²) < 4.78 is 21.1. The first-order chi connectivity index (χ1) is 13.1. The molecule has 0 aliphatic heterocycles. The lowest BCUT2D eigenvalue weighted by molar-refractivity contribution is 0.342. The Morgan fingerprint density at radius 3 is 2.81 bits per heavy atom. The van der Waals surface area contributed by atoms with E-state index in [4.69, 9.17) is 28.6 Å². The van der Waals surface area contributed by atoms with Crippen molar-refractivity contribution >= 4 is 40.3 Å². The van der Waals surface area contributed by atoms with E-state index >= 15 is 0 Å². The van der Waals surface area contributed by atoms with Gasteiger partial charge >= 0.3 is 0 Å². The lowest BCUT2D eigenvalue weighted by atomic mass is 10.2. The number of thiocarbonyl (C=S) groups is 1. The average molecular weight is 405 g/mol. The fourth-order valence-corrected chi connectivity index (χ4v) is 2.95. The molecule has 27 heavy (non-hydrogen) atoms. The van der Waals surface area contributed by atoms with Gasteiger partial charge in [0.2, 0.25) is 0 Å². The van der Waals surface area contributed by atoms with Gasteiger partial charge in [-0.25, -0.2) is 4.39 Å². The number of halogens is 2. The lowest BCUT2D eigenvalue weighted by Crippen LogP contribution is -2.19. The quantitative estimate of drug-likeness (QED) is 0.570. The van der Waals surface area contributed by atoms with E-state index in [1.807, 2.05) is 31.2 Å². The summed E-state index contributed by atoms with van der Waals surface area (Å²) >= 11 is 11.4. The van der Waals surface area contributed by atoms with E-state index in [0.29, 0.717) is 33.7 Å². The van der Waals surface area contributed by atoms with Crippen molar-refractivity contribution < 1.29 is 9.13 Å². The Labute approximate surface area is 167 Å². The predicted octanol–water partition coefficient (Wildman–Crippen LogP) is 4.93. The summed E-state index contributed by atoms with van der Waals surface area (Å²) in [5, 5.41) is 11.1. The second-order valence-corrected chi connectivity index (χ2v) is 6.45. The summed E-state index contributed by atoms with van der Waals surface area (Å²) in [4.78, 5) is 0. The number of aromatic nitrogens is 2. The Morgan fingerprint density at radius 1 is 1.22 bits per heavy atom. The zero-order chi connectivity index (χ0) is 19.2. The SMILES string of the molecule is CCOc1ccccc1NC(=S)Nc1cnn(Cc2c(F)cccc2Cl)c1. The molecule has 0 saturated heterocycles. The number of anilines is 2. The van der Waals surface area contributed by atoms with Gasteiger partial charge in [-0.05, 0) is 43.4 Å². The van der Waals surface area contributed by atoms with Gasteiger partial charge in [0, 0.05) is 16.8 Å². The molecule has 140 valence electrons. The Balaban J connectivity index is 1.65. The summed E-state index contributed by atoms with van der Waals surface area (Å²) in [6, 6.07) is 12.1. The van der Waals surface area contributed by atoms with Crippen molar-refractivity contribution in [1.82, 2.24) is 9.78 Å². The summed E-state index contributed by atoms with van der Waals surface area (Å²) in [5.41, 5.74) is 1.83. The molecule has 0 amide bonds. The highest BCUT2D eigenvalue weighted by molar-refractivity contribution is 7.80. The van der Waals surface area contributed by atoms with Crippen LogP contribution < -0.4 is 15.4 Å². The highest BCUT2D eigenvalue weighted by Gasteiger charge is 2.10. The number of benzene rings is 2. The van der Waals surface area contributed by atoms with Gasteiger partial charge in [0.25, 0.3) is 0 Å². The molecule has 0 fully saturated rings. The van der Waals surface area contributed by atoms with Gasteiger partial charge in [-0.2, -0.15) is 5.10 Å². The molecule has 0 bridgehead atoms. The number of nitrogens with zero attached hydrogens (tertiary/aromatic N) is 2. The third-order valence-corrected chi connectivity index (χ3v) is 4.27. The smallest absolute Gasteiger partial charge is 0.175 e.